The summed E-state index contributed by atoms with van der Waals surface area (Å²) < 4.78 is 5.43. The van der Waals surface area contributed by atoms with E-state index < -0.39 is 23.6 Å². The molecule has 1 aromatic carbocycles. The Morgan fingerprint density at radius 3 is 2.33 bits per heavy atom. The molecule has 0 saturated carbocycles. The summed E-state index contributed by atoms with van der Waals surface area (Å²) in [6.07, 6.45) is 0.781. The van der Waals surface area contributed by atoms with Crippen molar-refractivity contribution in [3.05, 3.63) is 35.9 Å². The summed E-state index contributed by atoms with van der Waals surface area (Å²) in [6, 6.07) is 8.88. The molecule has 2 N–H and O–H groups in total. The number of rotatable bonds is 2. The van der Waals surface area contributed by atoms with Crippen LogP contribution in [0.1, 0.15) is 45.2 Å². The van der Waals surface area contributed by atoms with Crippen LogP contribution in [0.2, 0.25) is 0 Å². The molecule has 1 heterocycles. The van der Waals surface area contributed by atoms with E-state index in [1.807, 2.05) is 30.3 Å². The van der Waals surface area contributed by atoms with Gasteiger partial charge in [0.05, 0.1) is 6.04 Å². The van der Waals surface area contributed by atoms with Gasteiger partial charge in [-0.15, -0.1) is 0 Å². The highest BCUT2D eigenvalue weighted by atomic mass is 16.6. The minimum Gasteiger partial charge on any atom is -0.444 e. The van der Waals surface area contributed by atoms with Crippen LogP contribution in [0, 0.1) is 0 Å². The number of benzene rings is 1. The highest BCUT2D eigenvalue weighted by Gasteiger charge is 2.42. The van der Waals surface area contributed by atoms with Crippen molar-refractivity contribution >= 4 is 12.0 Å². The molecule has 0 aliphatic carbocycles. The number of likely N-dealkylation sites (tertiary alicyclic amines) is 1. The van der Waals surface area contributed by atoms with Crippen molar-refractivity contribution in [1.82, 2.24) is 4.90 Å². The third-order valence-corrected chi connectivity index (χ3v) is 3.50. The van der Waals surface area contributed by atoms with Crippen molar-refractivity contribution in [2.24, 2.45) is 5.73 Å². The first-order chi connectivity index (χ1) is 9.79. The van der Waals surface area contributed by atoms with Gasteiger partial charge in [0.2, 0.25) is 5.91 Å². The monoisotopic (exact) mass is 290 g/mol. The molecule has 0 radical (unpaired) electrons. The summed E-state index contributed by atoms with van der Waals surface area (Å²) in [6.45, 7) is 5.41. The van der Waals surface area contributed by atoms with E-state index in [2.05, 4.69) is 0 Å². The van der Waals surface area contributed by atoms with Crippen LogP contribution in [0.3, 0.4) is 0 Å². The lowest BCUT2D eigenvalue weighted by Crippen LogP contribution is -2.46. The van der Waals surface area contributed by atoms with Crippen LogP contribution in [0.25, 0.3) is 0 Å². The van der Waals surface area contributed by atoms with Crippen LogP contribution in [0.4, 0.5) is 4.79 Å². The minimum atomic E-state index is -0.608. The van der Waals surface area contributed by atoms with E-state index in [9.17, 15) is 9.59 Å². The maximum atomic E-state index is 12.5. The van der Waals surface area contributed by atoms with E-state index in [0.29, 0.717) is 12.8 Å². The third-order valence-electron chi connectivity index (χ3n) is 3.50. The molecule has 0 spiro atoms. The van der Waals surface area contributed by atoms with Crippen molar-refractivity contribution in [3.8, 4) is 0 Å². The quantitative estimate of drug-likeness (QED) is 0.910. The number of nitrogens with two attached hydrogens (primary N) is 1. The molecule has 21 heavy (non-hydrogen) atoms. The third kappa shape index (κ3) is 3.54. The van der Waals surface area contributed by atoms with Crippen LogP contribution in [0.15, 0.2) is 30.3 Å². The average molecular weight is 290 g/mol. The number of carbonyl (C=O) groups is 2. The molecule has 5 nitrogen and oxygen atoms in total. The number of primary amides is 1. The first-order valence-corrected chi connectivity index (χ1v) is 7.15. The molecule has 1 fully saturated rings. The Bertz CT molecular complexity index is 522. The van der Waals surface area contributed by atoms with Crippen LogP contribution in [-0.4, -0.2) is 28.5 Å². The zero-order chi connectivity index (χ0) is 15.6. The molecule has 2 rings (SSSR count). The lowest BCUT2D eigenvalue weighted by Gasteiger charge is -2.31. The Hall–Kier alpha value is -2.04. The Kier molecular flexibility index (Phi) is 4.21. The van der Waals surface area contributed by atoms with E-state index in [-0.39, 0.29) is 6.04 Å². The molecule has 2 amide bonds. The summed E-state index contributed by atoms with van der Waals surface area (Å²) in [7, 11) is 0. The van der Waals surface area contributed by atoms with Gasteiger partial charge in [0.15, 0.2) is 0 Å². The number of hydrogen-bond donors (Lipinski definition) is 1. The summed E-state index contributed by atoms with van der Waals surface area (Å²) in [5.41, 5.74) is 5.83. The molecule has 114 valence electrons. The van der Waals surface area contributed by atoms with Crippen molar-refractivity contribution < 1.29 is 14.3 Å². The minimum absolute atomic E-state index is 0.168. The molecular weight excluding hydrogens is 268 g/mol. The molecular formula is C16H22N2O3. The lowest BCUT2D eigenvalue weighted by atomic mass is 10.1. The highest BCUT2D eigenvalue weighted by Crippen LogP contribution is 2.37. The van der Waals surface area contributed by atoms with Gasteiger partial charge in [-0.05, 0) is 39.2 Å². The molecule has 5 heteroatoms. The summed E-state index contributed by atoms with van der Waals surface area (Å²) in [5.74, 6) is -0.487. The first-order valence-electron chi connectivity index (χ1n) is 7.15. The van der Waals surface area contributed by atoms with Gasteiger partial charge in [0.25, 0.3) is 0 Å². The van der Waals surface area contributed by atoms with Crippen LogP contribution in [-0.2, 0) is 9.53 Å². The normalized spacial score (nSPS) is 22.1. The van der Waals surface area contributed by atoms with Crippen LogP contribution < -0.4 is 5.73 Å². The summed E-state index contributed by atoms with van der Waals surface area (Å²) >= 11 is 0. The maximum absolute atomic E-state index is 12.5. The largest absolute Gasteiger partial charge is 0.444 e. The molecule has 1 aliphatic rings. The zero-order valence-corrected chi connectivity index (χ0v) is 12.7. The van der Waals surface area contributed by atoms with Gasteiger partial charge in [0.1, 0.15) is 11.6 Å². The SMILES string of the molecule is CC(C)(C)OC(=O)N1[C@@H](C(N)=O)CC[C@H]1c1ccccc1. The number of nitrogens with zero attached hydrogens (tertiary/aromatic N) is 1. The Labute approximate surface area is 125 Å². The molecule has 0 aromatic heterocycles. The van der Waals surface area contributed by atoms with E-state index in [0.717, 1.165) is 5.56 Å². The Morgan fingerprint density at radius 2 is 1.81 bits per heavy atom. The van der Waals surface area contributed by atoms with Gasteiger partial charge in [-0.1, -0.05) is 30.3 Å². The van der Waals surface area contributed by atoms with Crippen molar-refractivity contribution in [1.29, 1.82) is 0 Å². The van der Waals surface area contributed by atoms with Crippen molar-refractivity contribution in [2.75, 3.05) is 0 Å². The molecule has 0 bridgehead atoms. The first kappa shape index (κ1) is 15.4. The smallest absolute Gasteiger partial charge is 0.411 e. The Balaban J connectivity index is 2.29. The van der Waals surface area contributed by atoms with E-state index in [1.54, 1.807) is 20.8 Å². The van der Waals surface area contributed by atoms with Gasteiger partial charge in [-0.25, -0.2) is 4.79 Å². The predicted molar refractivity (Wildman–Crippen MR) is 79.5 cm³/mol. The fourth-order valence-corrected chi connectivity index (χ4v) is 2.66. The fourth-order valence-electron chi connectivity index (χ4n) is 2.66. The fraction of sp³-hybridized carbons (Fsp3) is 0.500. The highest BCUT2D eigenvalue weighted by molar-refractivity contribution is 5.85. The molecule has 1 aliphatic heterocycles. The molecule has 1 aromatic rings. The van der Waals surface area contributed by atoms with Crippen molar-refractivity contribution in [3.63, 3.8) is 0 Å². The number of ether oxygens (including phenoxy) is 1. The van der Waals surface area contributed by atoms with Crippen molar-refractivity contribution in [2.45, 2.75) is 51.3 Å². The van der Waals surface area contributed by atoms with Gasteiger partial charge < -0.3 is 10.5 Å². The molecule has 2 atom stereocenters. The molecule has 1 saturated heterocycles. The second kappa shape index (κ2) is 5.76. The number of hydrogen-bond acceptors (Lipinski definition) is 3. The van der Waals surface area contributed by atoms with E-state index in [4.69, 9.17) is 10.5 Å². The summed E-state index contributed by atoms with van der Waals surface area (Å²) in [5, 5.41) is 0. The van der Waals surface area contributed by atoms with E-state index >= 15 is 0 Å². The van der Waals surface area contributed by atoms with Crippen LogP contribution >= 0.6 is 0 Å². The molecule has 0 unspecified atom stereocenters. The van der Waals surface area contributed by atoms with Gasteiger partial charge in [0, 0.05) is 0 Å². The number of amides is 2. The second-order valence-electron chi connectivity index (χ2n) is 6.31. The van der Waals surface area contributed by atoms with Crippen LogP contribution in [0.5, 0.6) is 0 Å². The van der Waals surface area contributed by atoms with Gasteiger partial charge in [-0.2, -0.15) is 0 Å². The lowest BCUT2D eigenvalue weighted by molar-refractivity contribution is -0.122. The maximum Gasteiger partial charge on any atom is 0.411 e. The Morgan fingerprint density at radius 1 is 1.19 bits per heavy atom. The van der Waals surface area contributed by atoms with Gasteiger partial charge >= 0.3 is 6.09 Å². The predicted octanol–water partition coefficient (Wildman–Crippen LogP) is 2.61. The number of carbonyl (C=O) groups excluding carboxylic acids is 2. The van der Waals surface area contributed by atoms with Gasteiger partial charge in [-0.3, -0.25) is 9.69 Å². The van der Waals surface area contributed by atoms with E-state index in [1.165, 1.54) is 4.90 Å². The topological polar surface area (TPSA) is 72.6 Å². The second-order valence-corrected chi connectivity index (χ2v) is 6.31. The summed E-state index contributed by atoms with van der Waals surface area (Å²) in [4.78, 5) is 25.6. The standard InChI is InChI=1S/C16H22N2O3/c1-16(2,3)21-15(20)18-12(9-10-13(18)14(17)19)11-7-5-4-6-8-11/h4-8,12-13H,9-10H2,1-3H3,(H2,17,19)/t12-,13+/m0/s1. The average Bonchev–Trinajstić information content (AvgIpc) is 2.82. The zero-order valence-electron chi connectivity index (χ0n) is 12.7.